The molecular weight excluding hydrogens is 992 g/mol. The molecule has 17 nitrogen and oxygen atoms in total. The smallest absolute Gasteiger partial charge is 0.409 e. The van der Waals surface area contributed by atoms with E-state index in [9.17, 15) is 19.5 Å². The van der Waals surface area contributed by atoms with Gasteiger partial charge in [-0.25, -0.2) is 14.2 Å². The molecule has 3 amide bonds. The predicted octanol–water partition coefficient (Wildman–Crippen LogP) is 8.85. The lowest BCUT2D eigenvalue weighted by Crippen LogP contribution is -2.48. The number of phenolic OH excluding ortho intramolecular Hbond substituents is 1. The van der Waals surface area contributed by atoms with Crippen molar-refractivity contribution >= 4 is 51.2 Å². The molecule has 6 fully saturated rings. The number of nitrogens with one attached hydrogen (secondary N) is 1. The number of phenols is 1. The van der Waals surface area contributed by atoms with Crippen LogP contribution < -0.4 is 19.9 Å². The third-order valence-corrected chi connectivity index (χ3v) is 19.5. The average molecular weight is 1070 g/mol. The summed E-state index contributed by atoms with van der Waals surface area (Å²) in [5.41, 5.74) is 6.69. The van der Waals surface area contributed by atoms with Gasteiger partial charge in [0.1, 0.15) is 36.0 Å². The Kier molecular flexibility index (Phi) is 13.9. The highest BCUT2D eigenvalue weighted by atomic mass is 19.1. The summed E-state index contributed by atoms with van der Waals surface area (Å²) in [5, 5.41) is 19.8. The molecule has 8 aliphatic rings. The van der Waals surface area contributed by atoms with Crippen molar-refractivity contribution in [3.05, 3.63) is 58.7 Å². The van der Waals surface area contributed by atoms with E-state index in [1.54, 1.807) is 6.07 Å². The van der Waals surface area contributed by atoms with Crippen molar-refractivity contribution in [3.8, 4) is 23.0 Å². The number of likely N-dealkylation sites (tertiary alicyclic amines) is 1. The van der Waals surface area contributed by atoms with Crippen LogP contribution in [0.1, 0.15) is 144 Å². The molecular formula is C60H75FN10O7. The summed E-state index contributed by atoms with van der Waals surface area (Å²) in [4.78, 5) is 62.4. The molecule has 5 aromatic rings. The number of pyridine rings is 1. The van der Waals surface area contributed by atoms with Gasteiger partial charge in [0, 0.05) is 75.5 Å². The number of hydrogen-bond acceptors (Lipinski definition) is 14. The number of fused-ring (bicyclic) bond motifs is 5. The maximum Gasteiger partial charge on any atom is 0.409 e. The molecule has 5 atom stereocenters. The molecule has 1 aliphatic carbocycles. The molecule has 2 N–H and O–H groups in total. The number of halogens is 1. The van der Waals surface area contributed by atoms with Crippen LogP contribution in [0.2, 0.25) is 0 Å². The highest BCUT2D eigenvalue weighted by Crippen LogP contribution is 2.47. The minimum atomic E-state index is -0.507. The molecule has 2 unspecified atom stereocenters. The van der Waals surface area contributed by atoms with Crippen LogP contribution in [0.25, 0.3) is 33.1 Å². The van der Waals surface area contributed by atoms with Crippen LogP contribution in [0.4, 0.5) is 20.7 Å². The van der Waals surface area contributed by atoms with Gasteiger partial charge in [0.25, 0.3) is 0 Å². The zero-order chi connectivity index (χ0) is 53.2. The first-order valence-corrected chi connectivity index (χ1v) is 29.5. The first-order valence-electron chi connectivity index (χ1n) is 29.5. The molecule has 414 valence electrons. The van der Waals surface area contributed by atoms with Crippen LogP contribution >= 0.6 is 0 Å². The molecule has 6 saturated heterocycles. The molecule has 3 aromatic heterocycles. The maximum atomic E-state index is 17.6. The first-order chi connectivity index (χ1) is 38.0. The average Bonchev–Trinajstić information content (AvgIpc) is 4.20. The van der Waals surface area contributed by atoms with Crippen molar-refractivity contribution in [2.45, 2.75) is 152 Å². The fourth-order valence-corrected chi connectivity index (χ4v) is 15.3. The minimum absolute atomic E-state index is 0.0512. The van der Waals surface area contributed by atoms with Gasteiger partial charge >= 0.3 is 12.1 Å². The van der Waals surface area contributed by atoms with E-state index in [1.807, 2.05) is 22.7 Å². The van der Waals surface area contributed by atoms with Gasteiger partial charge in [-0.2, -0.15) is 15.1 Å². The van der Waals surface area contributed by atoms with E-state index in [4.69, 9.17) is 34.3 Å². The second kappa shape index (κ2) is 21.2. The van der Waals surface area contributed by atoms with Gasteiger partial charge in [-0.15, -0.1) is 0 Å². The molecule has 13 rings (SSSR count). The zero-order valence-electron chi connectivity index (χ0n) is 45.4. The summed E-state index contributed by atoms with van der Waals surface area (Å²) < 4.78 is 38.4. The highest BCUT2D eigenvalue weighted by molar-refractivity contribution is 6.03. The number of aromatic hydroxyl groups is 1. The molecule has 18 heteroatoms. The fourth-order valence-electron chi connectivity index (χ4n) is 15.3. The maximum absolute atomic E-state index is 17.6. The van der Waals surface area contributed by atoms with Crippen LogP contribution in [-0.4, -0.2) is 141 Å². The van der Waals surface area contributed by atoms with E-state index in [1.165, 1.54) is 12.1 Å². The molecule has 2 aromatic carbocycles. The third kappa shape index (κ3) is 9.49. The van der Waals surface area contributed by atoms with E-state index in [0.717, 1.165) is 149 Å². The standard InChI is InChI=1S/C60H75FN10O7/c1-3-38-7-4-8-39-30-43(72)32-46(50(38)39)54-52(61)55-51-47(62-54)13-10-41-33-76-28-6-22-70(41)56(51)65-58(64-55)78-35-60-20-5-23-71(60)42(15-21-60)34-77-59(75)69-26-18-37(19-27-69)29-36-16-24-68(25-17-36)40-9-11-44-48(31-40)67(2)66-53(44)45-12-14-49(73)63-57(45)74/h9,11,30-32,36-38,41-42,45,72H,3-8,10,12-29,33-35H2,1-2H3,(H,63,73,74)/t38-,41?,42+,45?,60+/m1/s1. The lowest BCUT2D eigenvalue weighted by molar-refractivity contribution is -0.134. The monoisotopic (exact) mass is 1070 g/mol. The van der Waals surface area contributed by atoms with Crippen molar-refractivity contribution < 1.29 is 38.1 Å². The summed E-state index contributed by atoms with van der Waals surface area (Å²) in [6.45, 7) is 9.10. The number of ether oxygens (including phenoxy) is 3. The lowest BCUT2D eigenvalue weighted by atomic mass is 9.78. The second-order valence-corrected chi connectivity index (χ2v) is 24.0. The SMILES string of the molecule is CC[C@@H]1CCCc2cc(O)cc(-c3nc4c5c(nc(OC[C@@]67CCCN6[C@H](COC(=O)N6CCC(CC8CCN(c9ccc%10c(C%11CCC(=O)NC%11=O)nn(C)c%10c9)CC8)CC6)CC7)nc5c3F)N3CCCOCC3CC4)c21. The fraction of sp³-hybridized carbons (Fsp3) is 0.617. The highest BCUT2D eigenvalue weighted by Gasteiger charge is 2.50. The summed E-state index contributed by atoms with van der Waals surface area (Å²) >= 11 is 0. The summed E-state index contributed by atoms with van der Waals surface area (Å²) in [6, 6.07) is 10.3. The molecule has 78 heavy (non-hydrogen) atoms. The van der Waals surface area contributed by atoms with Crippen LogP contribution in [0.15, 0.2) is 30.3 Å². The van der Waals surface area contributed by atoms with Crippen molar-refractivity contribution in [1.82, 2.24) is 39.8 Å². The van der Waals surface area contributed by atoms with Crippen molar-refractivity contribution in [3.63, 3.8) is 0 Å². The number of aromatic nitrogens is 5. The zero-order valence-corrected chi connectivity index (χ0v) is 45.4. The minimum Gasteiger partial charge on any atom is -0.508 e. The Hall–Kier alpha value is -6.14. The van der Waals surface area contributed by atoms with Crippen LogP contribution in [0.5, 0.6) is 11.8 Å². The van der Waals surface area contributed by atoms with Gasteiger partial charge in [-0.05, 0) is 175 Å². The van der Waals surface area contributed by atoms with Crippen molar-refractivity contribution in [2.24, 2.45) is 18.9 Å². The molecule has 0 saturated carbocycles. The van der Waals surface area contributed by atoms with Gasteiger partial charge in [0.05, 0.1) is 46.4 Å². The Labute approximate surface area is 455 Å². The number of amides is 3. The quantitative estimate of drug-likeness (QED) is 0.120. The van der Waals surface area contributed by atoms with Crippen molar-refractivity contribution in [2.75, 3.05) is 75.5 Å². The number of carbonyl (C=O) groups is 3. The number of rotatable bonds is 11. The molecule has 7 aliphatic heterocycles. The van der Waals surface area contributed by atoms with Gasteiger partial charge in [0.15, 0.2) is 5.82 Å². The van der Waals surface area contributed by atoms with E-state index in [0.29, 0.717) is 87.4 Å². The Morgan fingerprint density at radius 2 is 1.73 bits per heavy atom. The van der Waals surface area contributed by atoms with Gasteiger partial charge < -0.3 is 34.0 Å². The number of piperidine rings is 3. The normalized spacial score (nSPS) is 26.2. The number of hydrogen-bond donors (Lipinski definition) is 2. The summed E-state index contributed by atoms with van der Waals surface area (Å²) in [5.74, 6) is 0.869. The number of anilines is 2. The molecule has 0 radical (unpaired) electrons. The Balaban J connectivity index is 0.631. The largest absolute Gasteiger partial charge is 0.508 e. The number of nitrogens with zero attached hydrogens (tertiary/aromatic N) is 9. The topological polar surface area (TPSA) is 181 Å². The number of carbonyl (C=O) groups excluding carboxylic acids is 3. The molecule has 0 spiro atoms. The summed E-state index contributed by atoms with van der Waals surface area (Å²) in [7, 11) is 1.92. The van der Waals surface area contributed by atoms with Crippen molar-refractivity contribution in [1.29, 1.82) is 0 Å². The van der Waals surface area contributed by atoms with Gasteiger partial charge in [-0.3, -0.25) is 24.5 Å². The van der Waals surface area contributed by atoms with E-state index < -0.39 is 11.7 Å². The first kappa shape index (κ1) is 51.3. The van der Waals surface area contributed by atoms with Gasteiger partial charge in [-0.1, -0.05) is 6.92 Å². The third-order valence-electron chi connectivity index (χ3n) is 19.5. The predicted molar refractivity (Wildman–Crippen MR) is 293 cm³/mol. The van der Waals surface area contributed by atoms with E-state index in [-0.39, 0.29) is 64.4 Å². The van der Waals surface area contributed by atoms with E-state index >= 15 is 4.39 Å². The van der Waals surface area contributed by atoms with Crippen LogP contribution in [0.3, 0.4) is 0 Å². The van der Waals surface area contributed by atoms with Crippen LogP contribution in [-0.2, 0) is 39.0 Å². The summed E-state index contributed by atoms with van der Waals surface area (Å²) in [6.07, 6.45) is 15.8. The Morgan fingerprint density at radius 1 is 0.897 bits per heavy atom. The number of aryl methyl sites for hydroxylation is 3. The van der Waals surface area contributed by atoms with Gasteiger partial charge in [0.2, 0.25) is 11.8 Å². The van der Waals surface area contributed by atoms with Crippen LogP contribution in [0, 0.1) is 17.7 Å². The Morgan fingerprint density at radius 3 is 2.55 bits per heavy atom. The second-order valence-electron chi connectivity index (χ2n) is 24.0. The molecule has 10 heterocycles. The number of benzene rings is 2. The molecule has 0 bridgehead atoms. The van der Waals surface area contributed by atoms with E-state index in [2.05, 4.69) is 45.1 Å². The number of imide groups is 1. The Bertz CT molecular complexity index is 3140. The lowest BCUT2D eigenvalue weighted by Gasteiger charge is -2.37.